The van der Waals surface area contributed by atoms with Gasteiger partial charge in [0.2, 0.25) is 0 Å². The zero-order chi connectivity index (χ0) is 14.2. The Morgan fingerprint density at radius 2 is 1.81 bits per heavy atom. The van der Waals surface area contributed by atoms with E-state index in [1.807, 2.05) is 30.5 Å². The number of benzene rings is 2. The maximum atomic E-state index is 10.8. The molecule has 1 heterocycles. The number of aliphatic hydroxyl groups is 1. The molecule has 0 saturated heterocycles. The van der Waals surface area contributed by atoms with E-state index >= 15 is 0 Å². The van der Waals surface area contributed by atoms with Gasteiger partial charge >= 0.3 is 0 Å². The first-order valence-electron chi connectivity index (χ1n) is 7.45. The Morgan fingerprint density at radius 1 is 0.952 bits per heavy atom. The molecule has 2 nitrogen and oxygen atoms in total. The summed E-state index contributed by atoms with van der Waals surface area (Å²) in [7, 11) is 0. The van der Waals surface area contributed by atoms with Crippen molar-refractivity contribution in [2.45, 2.75) is 25.4 Å². The molecule has 21 heavy (non-hydrogen) atoms. The van der Waals surface area contributed by atoms with Gasteiger partial charge in [0.1, 0.15) is 6.10 Å². The number of hydrogen-bond donors (Lipinski definition) is 1. The van der Waals surface area contributed by atoms with Crippen molar-refractivity contribution in [2.75, 3.05) is 0 Å². The highest BCUT2D eigenvalue weighted by molar-refractivity contribution is 5.85. The van der Waals surface area contributed by atoms with Crippen molar-refractivity contribution in [2.24, 2.45) is 0 Å². The highest BCUT2D eigenvalue weighted by atomic mass is 16.3. The van der Waals surface area contributed by atoms with Crippen LogP contribution in [0.15, 0.2) is 54.9 Å². The molecule has 104 valence electrons. The fourth-order valence-electron chi connectivity index (χ4n) is 3.30. The van der Waals surface area contributed by atoms with Gasteiger partial charge in [0, 0.05) is 23.3 Å². The van der Waals surface area contributed by atoms with Crippen LogP contribution in [0.3, 0.4) is 0 Å². The van der Waals surface area contributed by atoms with Gasteiger partial charge in [-0.25, -0.2) is 0 Å². The minimum Gasteiger partial charge on any atom is -0.384 e. The van der Waals surface area contributed by atoms with Gasteiger partial charge in [0.05, 0.1) is 0 Å². The van der Waals surface area contributed by atoms with E-state index in [1.54, 1.807) is 6.20 Å². The van der Waals surface area contributed by atoms with E-state index < -0.39 is 6.10 Å². The number of fused-ring (bicyclic) bond motifs is 2. The standard InChI is InChI=1S/C19H17NO/c21-19(15-9-8-13-5-3-6-14(13)10-15)18-12-20-11-16-4-1-2-7-17(16)18/h1-2,4,7-12,19,21H,3,5-6H2. The van der Waals surface area contributed by atoms with E-state index in [-0.39, 0.29) is 0 Å². The first-order valence-corrected chi connectivity index (χ1v) is 7.45. The molecule has 4 rings (SSSR count). The Hall–Kier alpha value is -2.19. The fraction of sp³-hybridized carbons (Fsp3) is 0.211. The largest absolute Gasteiger partial charge is 0.384 e. The summed E-state index contributed by atoms with van der Waals surface area (Å²) in [6.45, 7) is 0. The highest BCUT2D eigenvalue weighted by Gasteiger charge is 2.17. The van der Waals surface area contributed by atoms with Crippen LogP contribution in [-0.4, -0.2) is 10.1 Å². The van der Waals surface area contributed by atoms with Crippen molar-refractivity contribution in [3.8, 4) is 0 Å². The molecule has 1 aliphatic rings. The molecule has 2 heteroatoms. The van der Waals surface area contributed by atoms with Crippen LogP contribution >= 0.6 is 0 Å². The van der Waals surface area contributed by atoms with Gasteiger partial charge < -0.3 is 5.11 Å². The van der Waals surface area contributed by atoms with Crippen molar-refractivity contribution in [3.05, 3.63) is 77.1 Å². The summed E-state index contributed by atoms with van der Waals surface area (Å²) in [5, 5.41) is 12.9. The summed E-state index contributed by atoms with van der Waals surface area (Å²) in [6.07, 6.45) is 6.53. The van der Waals surface area contributed by atoms with Crippen molar-refractivity contribution in [3.63, 3.8) is 0 Å². The topological polar surface area (TPSA) is 33.1 Å². The van der Waals surface area contributed by atoms with Crippen LogP contribution in [0.1, 0.15) is 34.8 Å². The zero-order valence-electron chi connectivity index (χ0n) is 11.8. The van der Waals surface area contributed by atoms with Crippen molar-refractivity contribution < 1.29 is 5.11 Å². The van der Waals surface area contributed by atoms with Crippen LogP contribution in [-0.2, 0) is 12.8 Å². The Morgan fingerprint density at radius 3 is 2.76 bits per heavy atom. The predicted octanol–water partition coefficient (Wildman–Crippen LogP) is 3.81. The minimum absolute atomic E-state index is 0.616. The van der Waals surface area contributed by atoms with Crippen LogP contribution in [0, 0.1) is 0 Å². The van der Waals surface area contributed by atoms with Gasteiger partial charge in [-0.15, -0.1) is 0 Å². The van der Waals surface area contributed by atoms with Crippen LogP contribution in [0.5, 0.6) is 0 Å². The number of aromatic nitrogens is 1. The lowest BCUT2D eigenvalue weighted by molar-refractivity contribution is 0.221. The molecule has 0 aliphatic heterocycles. The minimum atomic E-state index is -0.616. The van der Waals surface area contributed by atoms with Gasteiger partial charge in [-0.3, -0.25) is 4.98 Å². The molecule has 0 spiro atoms. The number of rotatable bonds is 2. The summed E-state index contributed by atoms with van der Waals surface area (Å²) >= 11 is 0. The Balaban J connectivity index is 1.81. The number of pyridine rings is 1. The second-order valence-electron chi connectivity index (χ2n) is 5.73. The molecule has 0 saturated carbocycles. The molecule has 1 atom stereocenters. The van der Waals surface area contributed by atoms with Gasteiger partial charge in [0.25, 0.3) is 0 Å². The van der Waals surface area contributed by atoms with Gasteiger partial charge in [-0.2, -0.15) is 0 Å². The molecule has 3 aromatic rings. The van der Waals surface area contributed by atoms with Crippen molar-refractivity contribution >= 4 is 10.8 Å². The summed E-state index contributed by atoms with van der Waals surface area (Å²) in [5.41, 5.74) is 4.67. The maximum Gasteiger partial charge on any atom is 0.106 e. The molecule has 2 aromatic carbocycles. The lowest BCUT2D eigenvalue weighted by atomic mass is 9.96. The number of aliphatic hydroxyl groups excluding tert-OH is 1. The third-order valence-electron chi connectivity index (χ3n) is 4.43. The lowest BCUT2D eigenvalue weighted by Gasteiger charge is -2.15. The Bertz CT molecular complexity index is 804. The number of hydrogen-bond acceptors (Lipinski definition) is 2. The Kier molecular flexibility index (Phi) is 2.97. The van der Waals surface area contributed by atoms with E-state index in [4.69, 9.17) is 0 Å². The molecule has 0 amide bonds. The van der Waals surface area contributed by atoms with Crippen molar-refractivity contribution in [1.82, 2.24) is 4.98 Å². The molecular weight excluding hydrogens is 258 g/mol. The Labute approximate surface area is 124 Å². The molecule has 0 radical (unpaired) electrons. The van der Waals surface area contributed by atoms with E-state index in [1.165, 1.54) is 24.0 Å². The number of nitrogens with zero attached hydrogens (tertiary/aromatic N) is 1. The molecular formula is C19H17NO. The van der Waals surface area contributed by atoms with E-state index in [9.17, 15) is 5.11 Å². The summed E-state index contributed by atoms with van der Waals surface area (Å²) in [6, 6.07) is 14.5. The van der Waals surface area contributed by atoms with Gasteiger partial charge in [0.15, 0.2) is 0 Å². The van der Waals surface area contributed by atoms with E-state index in [2.05, 4.69) is 23.2 Å². The van der Waals surface area contributed by atoms with E-state index in [0.29, 0.717) is 0 Å². The molecule has 1 aromatic heterocycles. The summed E-state index contributed by atoms with van der Waals surface area (Å²) in [4.78, 5) is 4.27. The third kappa shape index (κ3) is 2.12. The second-order valence-corrected chi connectivity index (χ2v) is 5.73. The first-order chi connectivity index (χ1) is 10.3. The quantitative estimate of drug-likeness (QED) is 0.771. The van der Waals surface area contributed by atoms with Crippen LogP contribution in [0.2, 0.25) is 0 Å². The molecule has 0 bridgehead atoms. The maximum absolute atomic E-state index is 10.8. The zero-order valence-corrected chi connectivity index (χ0v) is 11.8. The van der Waals surface area contributed by atoms with Gasteiger partial charge in [-0.1, -0.05) is 42.5 Å². The smallest absolute Gasteiger partial charge is 0.106 e. The average molecular weight is 275 g/mol. The monoisotopic (exact) mass is 275 g/mol. The normalized spacial score (nSPS) is 15.1. The van der Waals surface area contributed by atoms with Crippen molar-refractivity contribution in [1.29, 1.82) is 0 Å². The van der Waals surface area contributed by atoms with Crippen LogP contribution in [0.25, 0.3) is 10.8 Å². The van der Waals surface area contributed by atoms with Crippen LogP contribution in [0.4, 0.5) is 0 Å². The second kappa shape index (κ2) is 4.97. The molecule has 1 aliphatic carbocycles. The SMILES string of the molecule is OC(c1ccc2c(c1)CCC2)c1cncc2ccccc12. The van der Waals surface area contributed by atoms with E-state index in [0.717, 1.165) is 28.3 Å². The molecule has 0 fully saturated rings. The highest BCUT2D eigenvalue weighted by Crippen LogP contribution is 2.31. The third-order valence-corrected chi connectivity index (χ3v) is 4.43. The fourth-order valence-corrected chi connectivity index (χ4v) is 3.30. The summed E-state index contributed by atoms with van der Waals surface area (Å²) in [5.74, 6) is 0. The van der Waals surface area contributed by atoms with Gasteiger partial charge in [-0.05, 0) is 41.3 Å². The van der Waals surface area contributed by atoms with Crippen LogP contribution < -0.4 is 0 Å². The number of aryl methyl sites for hydroxylation is 2. The molecule has 1 N–H and O–H groups in total. The molecule has 1 unspecified atom stereocenters. The summed E-state index contributed by atoms with van der Waals surface area (Å²) < 4.78 is 0. The lowest BCUT2D eigenvalue weighted by Crippen LogP contribution is -2.02. The first kappa shape index (κ1) is 12.5. The predicted molar refractivity (Wildman–Crippen MR) is 84.3 cm³/mol. The average Bonchev–Trinajstić information content (AvgIpc) is 3.01.